The fourth-order valence-corrected chi connectivity index (χ4v) is 5.60. The minimum atomic E-state index is -1.10. The Bertz CT molecular complexity index is 1680. The van der Waals surface area contributed by atoms with Gasteiger partial charge in [-0.25, -0.2) is 4.98 Å². The van der Waals surface area contributed by atoms with Crippen molar-refractivity contribution < 1.29 is 0 Å². The summed E-state index contributed by atoms with van der Waals surface area (Å²) < 4.78 is 3.84. The van der Waals surface area contributed by atoms with Gasteiger partial charge in [0.2, 0.25) is 0 Å². The minimum Gasteiger partial charge on any atom is -0.336 e. The van der Waals surface area contributed by atoms with Gasteiger partial charge in [0.1, 0.15) is 5.54 Å². The third-order valence-corrected chi connectivity index (χ3v) is 7.84. The molecule has 1 atom stereocenters. The Morgan fingerprint density at radius 1 is 1.00 bits per heavy atom. The lowest BCUT2D eigenvalue weighted by atomic mass is 9.79. The van der Waals surface area contributed by atoms with E-state index in [0.717, 1.165) is 51.7 Å². The molecule has 0 amide bonds. The summed E-state index contributed by atoms with van der Waals surface area (Å²) in [4.78, 5) is 18.1. The molecular formula is C30H26Cl2N4O. The molecule has 1 aliphatic carbocycles. The maximum atomic E-state index is 13.7. The molecule has 5 nitrogen and oxygen atoms in total. The average Bonchev–Trinajstić information content (AvgIpc) is 3.61. The third kappa shape index (κ3) is 4.17. The van der Waals surface area contributed by atoms with E-state index in [1.807, 2.05) is 76.8 Å². The maximum Gasteiger partial charge on any atom is 0.251 e. The zero-order valence-corrected chi connectivity index (χ0v) is 21.9. The van der Waals surface area contributed by atoms with Crippen LogP contribution in [0.3, 0.4) is 0 Å². The van der Waals surface area contributed by atoms with Crippen LogP contribution in [-0.2, 0) is 19.1 Å². The molecule has 2 aromatic heterocycles. The first-order valence-corrected chi connectivity index (χ1v) is 13.1. The Kier molecular flexibility index (Phi) is 5.95. The number of fused-ring (bicyclic) bond motifs is 1. The second kappa shape index (κ2) is 9.18. The molecule has 0 aliphatic heterocycles. The van der Waals surface area contributed by atoms with Gasteiger partial charge in [-0.2, -0.15) is 0 Å². The van der Waals surface area contributed by atoms with Crippen LogP contribution in [0.1, 0.15) is 29.7 Å². The SMILES string of the molecule is Cn1cncc1C(N)(c1ccc(Cl)cc1)c1cccc2c(-c3cccc(Cl)c3)cc(=O)n(CC3CC3)c12. The molecule has 1 fully saturated rings. The lowest BCUT2D eigenvalue weighted by Crippen LogP contribution is -2.42. The smallest absolute Gasteiger partial charge is 0.251 e. The summed E-state index contributed by atoms with van der Waals surface area (Å²) in [7, 11) is 1.93. The topological polar surface area (TPSA) is 65.8 Å². The van der Waals surface area contributed by atoms with E-state index in [2.05, 4.69) is 11.1 Å². The highest BCUT2D eigenvalue weighted by molar-refractivity contribution is 6.31. The van der Waals surface area contributed by atoms with E-state index < -0.39 is 5.54 Å². The highest BCUT2D eigenvalue weighted by Crippen LogP contribution is 2.41. The Hall–Kier alpha value is -3.38. The van der Waals surface area contributed by atoms with Gasteiger partial charge in [0.25, 0.3) is 5.56 Å². The number of aromatic nitrogens is 3. The number of hydrogen-bond donors (Lipinski definition) is 1. The summed E-state index contributed by atoms with van der Waals surface area (Å²) >= 11 is 12.6. The third-order valence-electron chi connectivity index (χ3n) is 7.35. The largest absolute Gasteiger partial charge is 0.336 e. The first kappa shape index (κ1) is 24.0. The van der Waals surface area contributed by atoms with Crippen LogP contribution < -0.4 is 11.3 Å². The van der Waals surface area contributed by atoms with Crippen LogP contribution in [0.2, 0.25) is 10.0 Å². The summed E-state index contributed by atoms with van der Waals surface area (Å²) in [6.45, 7) is 0.657. The number of rotatable bonds is 6. The molecule has 0 radical (unpaired) electrons. The lowest BCUT2D eigenvalue weighted by molar-refractivity contribution is 0.584. The minimum absolute atomic E-state index is 0.0507. The predicted molar refractivity (Wildman–Crippen MR) is 150 cm³/mol. The molecule has 1 saturated carbocycles. The molecule has 0 saturated heterocycles. The van der Waals surface area contributed by atoms with Crippen LogP contribution in [0, 0.1) is 5.92 Å². The van der Waals surface area contributed by atoms with Gasteiger partial charge < -0.3 is 14.9 Å². The first-order valence-electron chi connectivity index (χ1n) is 12.3. The summed E-state index contributed by atoms with van der Waals surface area (Å²) in [5, 5.41) is 2.20. The quantitative estimate of drug-likeness (QED) is 0.278. The van der Waals surface area contributed by atoms with Gasteiger partial charge in [-0.1, -0.05) is 65.7 Å². The van der Waals surface area contributed by atoms with Crippen molar-refractivity contribution in [2.45, 2.75) is 24.9 Å². The van der Waals surface area contributed by atoms with Gasteiger partial charge >= 0.3 is 0 Å². The van der Waals surface area contributed by atoms with Gasteiger partial charge in [-0.3, -0.25) is 4.79 Å². The maximum absolute atomic E-state index is 13.7. The number of halogens is 2. The van der Waals surface area contributed by atoms with Crippen molar-refractivity contribution in [2.24, 2.45) is 18.7 Å². The van der Waals surface area contributed by atoms with Crippen LogP contribution in [0.15, 0.2) is 90.1 Å². The molecule has 5 aromatic rings. The first-order chi connectivity index (χ1) is 17.9. The summed E-state index contributed by atoms with van der Waals surface area (Å²) in [5.74, 6) is 0.491. The van der Waals surface area contributed by atoms with Crippen molar-refractivity contribution in [3.63, 3.8) is 0 Å². The number of imidazole rings is 1. The van der Waals surface area contributed by atoms with E-state index in [4.69, 9.17) is 28.9 Å². The molecule has 1 aliphatic rings. The van der Waals surface area contributed by atoms with Gasteiger partial charge in [0.15, 0.2) is 0 Å². The van der Waals surface area contributed by atoms with Crippen LogP contribution in [-0.4, -0.2) is 14.1 Å². The van der Waals surface area contributed by atoms with Crippen LogP contribution >= 0.6 is 23.2 Å². The van der Waals surface area contributed by atoms with Crippen molar-refractivity contribution in [1.29, 1.82) is 0 Å². The van der Waals surface area contributed by atoms with Crippen molar-refractivity contribution in [2.75, 3.05) is 0 Å². The molecule has 0 bridgehead atoms. The molecule has 3 aromatic carbocycles. The van der Waals surface area contributed by atoms with E-state index >= 15 is 0 Å². The summed E-state index contributed by atoms with van der Waals surface area (Å²) in [6.07, 6.45) is 5.78. The average molecular weight is 529 g/mol. The van der Waals surface area contributed by atoms with Crippen molar-refractivity contribution >= 4 is 34.1 Å². The van der Waals surface area contributed by atoms with E-state index in [0.29, 0.717) is 22.5 Å². The number of nitrogens with zero attached hydrogens (tertiary/aromatic N) is 3. The molecule has 7 heteroatoms. The molecular weight excluding hydrogens is 503 g/mol. The number of para-hydroxylation sites is 1. The molecule has 37 heavy (non-hydrogen) atoms. The van der Waals surface area contributed by atoms with Crippen LogP contribution in [0.25, 0.3) is 22.0 Å². The Morgan fingerprint density at radius 3 is 2.43 bits per heavy atom. The van der Waals surface area contributed by atoms with Crippen molar-refractivity contribution in [3.8, 4) is 11.1 Å². The second-order valence-corrected chi connectivity index (χ2v) is 10.7. The Labute approximate surface area is 225 Å². The highest BCUT2D eigenvalue weighted by Gasteiger charge is 2.37. The van der Waals surface area contributed by atoms with Crippen LogP contribution in [0.5, 0.6) is 0 Å². The second-order valence-electron chi connectivity index (χ2n) is 9.87. The summed E-state index contributed by atoms with van der Waals surface area (Å²) in [6, 6.07) is 23.0. The fraction of sp³-hybridized carbons (Fsp3) is 0.200. The van der Waals surface area contributed by atoms with E-state index in [9.17, 15) is 4.79 Å². The van der Waals surface area contributed by atoms with E-state index in [1.165, 1.54) is 0 Å². The van der Waals surface area contributed by atoms with Gasteiger partial charge in [-0.15, -0.1) is 0 Å². The van der Waals surface area contributed by atoms with E-state index in [-0.39, 0.29) is 5.56 Å². The van der Waals surface area contributed by atoms with Gasteiger partial charge in [-0.05, 0) is 59.7 Å². The fourth-order valence-electron chi connectivity index (χ4n) is 5.29. The number of benzene rings is 3. The lowest BCUT2D eigenvalue weighted by Gasteiger charge is -2.33. The number of nitrogens with two attached hydrogens (primary N) is 1. The molecule has 2 N–H and O–H groups in total. The zero-order valence-electron chi connectivity index (χ0n) is 20.4. The highest BCUT2D eigenvalue weighted by atomic mass is 35.5. The monoisotopic (exact) mass is 528 g/mol. The number of aryl methyl sites for hydroxylation is 1. The molecule has 6 rings (SSSR count). The Morgan fingerprint density at radius 2 is 1.76 bits per heavy atom. The number of pyridine rings is 1. The zero-order chi connectivity index (χ0) is 25.7. The van der Waals surface area contributed by atoms with E-state index in [1.54, 1.807) is 18.6 Å². The van der Waals surface area contributed by atoms with Gasteiger partial charge in [0, 0.05) is 40.7 Å². The molecule has 0 spiro atoms. The van der Waals surface area contributed by atoms with Gasteiger partial charge in [0.05, 0.1) is 23.7 Å². The van der Waals surface area contributed by atoms with Crippen molar-refractivity contribution in [1.82, 2.24) is 14.1 Å². The van der Waals surface area contributed by atoms with Crippen molar-refractivity contribution in [3.05, 3.63) is 123 Å². The Balaban J connectivity index is 1.73. The molecule has 1 unspecified atom stereocenters. The molecule has 186 valence electrons. The predicted octanol–water partition coefficient (Wildman–Crippen LogP) is 6.37. The number of hydrogen-bond acceptors (Lipinski definition) is 3. The summed E-state index contributed by atoms with van der Waals surface area (Å²) in [5.41, 5.74) is 11.4. The standard InChI is InChI=1S/C30H26Cl2N4O/c1-35-18-34-16-27(35)30(33,21-10-12-22(31)13-11-21)26-7-3-6-24-25(20-4-2-5-23(32)14-20)15-28(37)36(29(24)26)17-19-8-9-19/h2-7,10-16,18-19H,8-9,17,33H2,1H3. The molecule has 2 heterocycles. The van der Waals surface area contributed by atoms with Crippen LogP contribution in [0.4, 0.5) is 0 Å². The normalized spacial score (nSPS) is 15.1.